The molecule has 2 aromatic heterocycles. The number of benzene rings is 4. The standard InChI is InChI=1S/C41H42F2N2OS2/c1-4-7-24-46-31-16-13-29(14-17-31)30-15-19-32(37(43)26-30)33-20-21-35(41-40(33)44-48-45-41)39-23-22-38(47-39)34-18-12-28(25-36(34)42)11-8-10-27(6-3)9-5-2/h12-23,25-27H,4-11,24H2,1-3H3. The molecular weight excluding hydrogens is 639 g/mol. The highest BCUT2D eigenvalue weighted by Crippen LogP contribution is 2.41. The highest BCUT2D eigenvalue weighted by atomic mass is 32.1. The molecule has 48 heavy (non-hydrogen) atoms. The summed E-state index contributed by atoms with van der Waals surface area (Å²) in [7, 11) is 0. The third-order valence-corrected chi connectivity index (χ3v) is 10.8. The maximum Gasteiger partial charge on any atom is 0.132 e. The first-order valence-electron chi connectivity index (χ1n) is 17.2. The van der Waals surface area contributed by atoms with E-state index in [-0.39, 0.29) is 11.6 Å². The minimum atomic E-state index is -0.318. The van der Waals surface area contributed by atoms with Gasteiger partial charge in [-0.15, -0.1) is 11.3 Å². The highest BCUT2D eigenvalue weighted by molar-refractivity contribution is 7.19. The number of halogens is 2. The number of aryl methyl sites for hydroxylation is 1. The minimum Gasteiger partial charge on any atom is -0.494 e. The molecule has 0 saturated heterocycles. The Morgan fingerprint density at radius 2 is 1.31 bits per heavy atom. The van der Waals surface area contributed by atoms with Crippen LogP contribution in [0.3, 0.4) is 0 Å². The number of hydrogen-bond donors (Lipinski definition) is 0. The molecule has 2 heterocycles. The molecule has 3 nitrogen and oxygen atoms in total. The first kappa shape index (κ1) is 33.9. The molecule has 1 atom stereocenters. The molecule has 7 heteroatoms. The maximum atomic E-state index is 15.7. The van der Waals surface area contributed by atoms with Crippen molar-refractivity contribution >= 4 is 34.1 Å². The van der Waals surface area contributed by atoms with Gasteiger partial charge in [-0.1, -0.05) is 101 Å². The summed E-state index contributed by atoms with van der Waals surface area (Å²) in [6, 6.07) is 26.6. The van der Waals surface area contributed by atoms with Crippen LogP contribution in [0.5, 0.6) is 5.75 Å². The Morgan fingerprint density at radius 1 is 0.646 bits per heavy atom. The van der Waals surface area contributed by atoms with E-state index in [2.05, 4.69) is 35.6 Å². The predicted molar refractivity (Wildman–Crippen MR) is 199 cm³/mol. The fourth-order valence-corrected chi connectivity index (χ4v) is 8.00. The summed E-state index contributed by atoms with van der Waals surface area (Å²) in [6.07, 6.45) is 8.98. The SMILES string of the molecule is CCCCOc1ccc(-c2ccc(-c3ccc(-c4ccc(-c5ccc(CCCC(CC)CCC)cc5F)s4)c4nsnc34)c(F)c2)cc1. The molecule has 1 unspecified atom stereocenters. The lowest BCUT2D eigenvalue weighted by Crippen LogP contribution is -1.99. The van der Waals surface area contributed by atoms with Crippen LogP contribution in [-0.4, -0.2) is 15.4 Å². The third kappa shape index (κ3) is 7.68. The van der Waals surface area contributed by atoms with Gasteiger partial charge in [0, 0.05) is 32.0 Å². The van der Waals surface area contributed by atoms with Gasteiger partial charge < -0.3 is 4.74 Å². The van der Waals surface area contributed by atoms with Crippen LogP contribution in [0.2, 0.25) is 0 Å². The Bertz CT molecular complexity index is 1960. The summed E-state index contributed by atoms with van der Waals surface area (Å²) in [5.74, 6) is 1.08. The fraction of sp³-hybridized carbons (Fsp3) is 0.317. The molecule has 0 bridgehead atoms. The van der Waals surface area contributed by atoms with Gasteiger partial charge in [0.15, 0.2) is 0 Å². The van der Waals surface area contributed by atoms with Crippen LogP contribution >= 0.6 is 23.1 Å². The van der Waals surface area contributed by atoms with Crippen LogP contribution in [0.1, 0.15) is 71.3 Å². The summed E-state index contributed by atoms with van der Waals surface area (Å²) < 4.78 is 46.0. The van der Waals surface area contributed by atoms with E-state index >= 15 is 8.78 Å². The van der Waals surface area contributed by atoms with Gasteiger partial charge in [-0.2, -0.15) is 8.75 Å². The normalized spacial score (nSPS) is 12.1. The van der Waals surface area contributed by atoms with E-state index in [1.807, 2.05) is 66.7 Å². The number of ether oxygens (including phenoxy) is 1. The Balaban J connectivity index is 1.19. The largest absolute Gasteiger partial charge is 0.494 e. The predicted octanol–water partition coefficient (Wildman–Crippen LogP) is 13.0. The molecule has 0 aliphatic carbocycles. The van der Waals surface area contributed by atoms with E-state index in [1.54, 1.807) is 12.1 Å². The third-order valence-electron chi connectivity index (χ3n) is 9.15. The number of fused-ring (bicyclic) bond motifs is 1. The smallest absolute Gasteiger partial charge is 0.132 e. The molecule has 0 N–H and O–H groups in total. The van der Waals surface area contributed by atoms with Gasteiger partial charge in [0.25, 0.3) is 0 Å². The molecule has 6 aromatic rings. The number of nitrogens with zero attached hydrogens (tertiary/aromatic N) is 2. The summed E-state index contributed by atoms with van der Waals surface area (Å²) >= 11 is 2.65. The second-order valence-electron chi connectivity index (χ2n) is 12.5. The first-order chi connectivity index (χ1) is 23.5. The molecule has 0 aliphatic rings. The minimum absolute atomic E-state index is 0.188. The number of rotatable bonds is 15. The molecule has 0 saturated carbocycles. The lowest BCUT2D eigenvalue weighted by atomic mass is 9.93. The summed E-state index contributed by atoms with van der Waals surface area (Å²) in [6.45, 7) is 7.33. The van der Waals surface area contributed by atoms with Crippen molar-refractivity contribution < 1.29 is 13.5 Å². The number of hydrogen-bond acceptors (Lipinski definition) is 5. The molecule has 4 aromatic carbocycles. The number of aromatic nitrogens is 2. The van der Waals surface area contributed by atoms with Crippen LogP contribution in [0, 0.1) is 17.6 Å². The van der Waals surface area contributed by atoms with E-state index in [9.17, 15) is 0 Å². The van der Waals surface area contributed by atoms with Gasteiger partial charge in [-0.3, -0.25) is 0 Å². The van der Waals surface area contributed by atoms with Crippen molar-refractivity contribution in [1.29, 1.82) is 0 Å². The van der Waals surface area contributed by atoms with E-state index in [4.69, 9.17) is 4.74 Å². The maximum absolute atomic E-state index is 15.7. The van der Waals surface area contributed by atoms with Gasteiger partial charge in [0.1, 0.15) is 28.4 Å². The molecule has 0 spiro atoms. The van der Waals surface area contributed by atoms with Crippen LogP contribution < -0.4 is 4.74 Å². The summed E-state index contributed by atoms with van der Waals surface area (Å²) in [4.78, 5) is 1.84. The van der Waals surface area contributed by atoms with Gasteiger partial charge in [-0.05, 0) is 78.3 Å². The van der Waals surface area contributed by atoms with Crippen molar-refractivity contribution in [3.63, 3.8) is 0 Å². The van der Waals surface area contributed by atoms with E-state index in [0.717, 1.165) is 86.6 Å². The average molecular weight is 681 g/mol. The zero-order valence-corrected chi connectivity index (χ0v) is 29.5. The van der Waals surface area contributed by atoms with Crippen LogP contribution in [0.15, 0.2) is 84.9 Å². The monoisotopic (exact) mass is 680 g/mol. The van der Waals surface area contributed by atoms with Crippen LogP contribution in [0.25, 0.3) is 54.2 Å². The Kier molecular flexibility index (Phi) is 11.3. The molecular formula is C41H42F2N2OS2. The fourth-order valence-electron chi connectivity index (χ4n) is 6.37. The summed E-state index contributed by atoms with van der Waals surface area (Å²) in [5, 5.41) is 0. The molecule has 6 rings (SSSR count). The van der Waals surface area contributed by atoms with Crippen molar-refractivity contribution in [2.75, 3.05) is 6.61 Å². The second kappa shape index (κ2) is 16.0. The van der Waals surface area contributed by atoms with Crippen molar-refractivity contribution in [3.8, 4) is 48.9 Å². The lowest BCUT2D eigenvalue weighted by Gasteiger charge is -2.13. The first-order valence-corrected chi connectivity index (χ1v) is 18.7. The average Bonchev–Trinajstić information content (AvgIpc) is 3.79. The zero-order valence-electron chi connectivity index (χ0n) is 27.9. The Hall–Kier alpha value is -3.94. The van der Waals surface area contributed by atoms with Gasteiger partial charge in [0.2, 0.25) is 0 Å². The summed E-state index contributed by atoms with van der Waals surface area (Å²) in [5.41, 5.74) is 6.84. The topological polar surface area (TPSA) is 35.0 Å². The van der Waals surface area contributed by atoms with Crippen molar-refractivity contribution in [3.05, 3.63) is 102 Å². The molecule has 0 amide bonds. The molecule has 0 fully saturated rings. The van der Waals surface area contributed by atoms with Crippen LogP contribution in [0.4, 0.5) is 8.78 Å². The highest BCUT2D eigenvalue weighted by Gasteiger charge is 2.18. The lowest BCUT2D eigenvalue weighted by molar-refractivity contribution is 0.309. The molecule has 248 valence electrons. The van der Waals surface area contributed by atoms with E-state index in [1.165, 1.54) is 37.0 Å². The van der Waals surface area contributed by atoms with Gasteiger partial charge >= 0.3 is 0 Å². The van der Waals surface area contributed by atoms with E-state index < -0.39 is 0 Å². The van der Waals surface area contributed by atoms with Crippen molar-refractivity contribution in [2.45, 2.75) is 72.1 Å². The molecule has 0 radical (unpaired) electrons. The zero-order chi connectivity index (χ0) is 33.5. The second-order valence-corrected chi connectivity index (χ2v) is 14.1. The van der Waals surface area contributed by atoms with Crippen molar-refractivity contribution in [2.24, 2.45) is 5.92 Å². The molecule has 0 aliphatic heterocycles. The van der Waals surface area contributed by atoms with Crippen molar-refractivity contribution in [1.82, 2.24) is 8.75 Å². The Morgan fingerprint density at radius 3 is 2.02 bits per heavy atom. The number of thiophene rings is 1. The van der Waals surface area contributed by atoms with Gasteiger partial charge in [0.05, 0.1) is 18.3 Å². The van der Waals surface area contributed by atoms with Crippen LogP contribution in [-0.2, 0) is 6.42 Å². The van der Waals surface area contributed by atoms with E-state index in [0.29, 0.717) is 28.8 Å². The van der Waals surface area contributed by atoms with Gasteiger partial charge in [-0.25, -0.2) is 8.78 Å². The Labute approximate surface area is 291 Å². The quantitative estimate of drug-likeness (QED) is 0.101. The number of unbranched alkanes of at least 4 members (excludes halogenated alkanes) is 1.